The van der Waals surface area contributed by atoms with Crippen LogP contribution in [0.3, 0.4) is 0 Å². The van der Waals surface area contributed by atoms with Gasteiger partial charge in [-0.25, -0.2) is 0 Å². The minimum Gasteiger partial charge on any atom is -0.508 e. The summed E-state index contributed by atoms with van der Waals surface area (Å²) in [6.07, 6.45) is 2.10. The largest absolute Gasteiger partial charge is 0.508 e. The van der Waals surface area contributed by atoms with Gasteiger partial charge >= 0.3 is 5.97 Å². The Morgan fingerprint density at radius 1 is 1.00 bits per heavy atom. The molecule has 110 valence electrons. The SMILES string of the molecule is Cc1ccc(CCCC(=O)OCc2ccc(O)cc2)cc1. The number of rotatable bonds is 6. The van der Waals surface area contributed by atoms with E-state index < -0.39 is 0 Å². The molecule has 0 unspecified atom stereocenters. The van der Waals surface area contributed by atoms with Crippen molar-refractivity contribution in [3.8, 4) is 5.75 Å². The molecule has 0 heterocycles. The van der Waals surface area contributed by atoms with Crippen LogP contribution >= 0.6 is 0 Å². The lowest BCUT2D eigenvalue weighted by Gasteiger charge is -2.05. The van der Waals surface area contributed by atoms with E-state index in [1.807, 2.05) is 0 Å². The van der Waals surface area contributed by atoms with Crippen LogP contribution in [0.5, 0.6) is 5.75 Å². The van der Waals surface area contributed by atoms with Gasteiger partial charge < -0.3 is 9.84 Å². The number of ether oxygens (including phenoxy) is 1. The van der Waals surface area contributed by atoms with E-state index in [2.05, 4.69) is 31.2 Å². The number of hydrogen-bond donors (Lipinski definition) is 1. The molecular weight excluding hydrogens is 264 g/mol. The van der Waals surface area contributed by atoms with E-state index in [0.29, 0.717) is 6.42 Å². The summed E-state index contributed by atoms with van der Waals surface area (Å²) in [4.78, 5) is 11.7. The maximum atomic E-state index is 11.7. The molecule has 2 rings (SSSR count). The number of benzene rings is 2. The second-order valence-electron chi connectivity index (χ2n) is 5.17. The van der Waals surface area contributed by atoms with Crippen LogP contribution in [0.2, 0.25) is 0 Å². The minimum absolute atomic E-state index is 0.185. The second kappa shape index (κ2) is 7.48. The van der Waals surface area contributed by atoms with Crippen LogP contribution < -0.4 is 0 Å². The molecule has 21 heavy (non-hydrogen) atoms. The molecule has 2 aromatic carbocycles. The molecule has 0 atom stereocenters. The highest BCUT2D eigenvalue weighted by Gasteiger charge is 2.04. The first kappa shape index (κ1) is 15.1. The molecule has 2 aromatic rings. The summed E-state index contributed by atoms with van der Waals surface area (Å²) in [6, 6.07) is 15.0. The number of carbonyl (C=O) groups is 1. The van der Waals surface area contributed by atoms with E-state index in [1.165, 1.54) is 11.1 Å². The van der Waals surface area contributed by atoms with E-state index in [4.69, 9.17) is 9.84 Å². The van der Waals surface area contributed by atoms with Crippen LogP contribution in [-0.4, -0.2) is 11.1 Å². The summed E-state index contributed by atoms with van der Waals surface area (Å²) in [7, 11) is 0. The van der Waals surface area contributed by atoms with Crippen LogP contribution in [0.15, 0.2) is 48.5 Å². The monoisotopic (exact) mass is 284 g/mol. The first-order valence-corrected chi connectivity index (χ1v) is 7.12. The molecule has 0 aliphatic carbocycles. The van der Waals surface area contributed by atoms with Gasteiger partial charge in [-0.05, 0) is 43.0 Å². The zero-order chi connectivity index (χ0) is 15.1. The highest BCUT2D eigenvalue weighted by molar-refractivity contribution is 5.69. The maximum absolute atomic E-state index is 11.7. The number of phenolic OH excluding ortho intramolecular Hbond substituents is 1. The van der Waals surface area contributed by atoms with E-state index in [0.717, 1.165) is 18.4 Å². The minimum atomic E-state index is -0.185. The predicted octanol–water partition coefficient (Wildman–Crippen LogP) is 3.77. The summed E-state index contributed by atoms with van der Waals surface area (Å²) in [5.41, 5.74) is 3.36. The van der Waals surface area contributed by atoms with Crippen molar-refractivity contribution >= 4 is 5.97 Å². The lowest BCUT2D eigenvalue weighted by molar-refractivity contribution is -0.145. The zero-order valence-electron chi connectivity index (χ0n) is 12.2. The van der Waals surface area contributed by atoms with Crippen molar-refractivity contribution < 1.29 is 14.6 Å². The van der Waals surface area contributed by atoms with Crippen LogP contribution in [0, 0.1) is 6.92 Å². The van der Waals surface area contributed by atoms with Crippen molar-refractivity contribution in [2.45, 2.75) is 32.8 Å². The van der Waals surface area contributed by atoms with Crippen molar-refractivity contribution in [3.63, 3.8) is 0 Å². The lowest BCUT2D eigenvalue weighted by atomic mass is 10.1. The third-order valence-corrected chi connectivity index (χ3v) is 3.30. The standard InChI is InChI=1S/C18H20O3/c1-14-5-7-15(8-6-14)3-2-4-18(20)21-13-16-9-11-17(19)12-10-16/h5-12,19H,2-4,13H2,1H3. The van der Waals surface area contributed by atoms with Gasteiger partial charge in [0.25, 0.3) is 0 Å². The van der Waals surface area contributed by atoms with Gasteiger partial charge in [0.2, 0.25) is 0 Å². The quantitative estimate of drug-likeness (QED) is 0.821. The Morgan fingerprint density at radius 2 is 1.62 bits per heavy atom. The van der Waals surface area contributed by atoms with E-state index in [9.17, 15) is 4.79 Å². The molecular formula is C18H20O3. The fraction of sp³-hybridized carbons (Fsp3) is 0.278. The third kappa shape index (κ3) is 5.30. The third-order valence-electron chi connectivity index (χ3n) is 3.30. The molecule has 3 nitrogen and oxygen atoms in total. The van der Waals surface area contributed by atoms with Gasteiger partial charge in [0, 0.05) is 6.42 Å². The molecule has 0 amide bonds. The highest BCUT2D eigenvalue weighted by atomic mass is 16.5. The fourth-order valence-electron chi connectivity index (χ4n) is 2.02. The fourth-order valence-corrected chi connectivity index (χ4v) is 2.02. The molecule has 0 saturated heterocycles. The number of aromatic hydroxyl groups is 1. The molecule has 0 aliphatic heterocycles. The molecule has 0 aromatic heterocycles. The molecule has 0 fully saturated rings. The molecule has 1 N–H and O–H groups in total. The van der Waals surface area contributed by atoms with Crippen molar-refractivity contribution in [1.29, 1.82) is 0 Å². The van der Waals surface area contributed by atoms with E-state index in [1.54, 1.807) is 24.3 Å². The first-order chi connectivity index (χ1) is 10.1. The molecule has 0 aliphatic rings. The molecule has 0 bridgehead atoms. The van der Waals surface area contributed by atoms with E-state index >= 15 is 0 Å². The second-order valence-corrected chi connectivity index (χ2v) is 5.17. The summed E-state index contributed by atoms with van der Waals surface area (Å²) < 4.78 is 5.20. The van der Waals surface area contributed by atoms with Crippen LogP contribution in [0.25, 0.3) is 0 Å². The number of aryl methyl sites for hydroxylation is 2. The number of phenols is 1. The zero-order valence-corrected chi connectivity index (χ0v) is 12.2. The summed E-state index contributed by atoms with van der Waals surface area (Å²) in [5, 5.41) is 9.17. The van der Waals surface area contributed by atoms with Gasteiger partial charge in [-0.2, -0.15) is 0 Å². The van der Waals surface area contributed by atoms with Gasteiger partial charge in [0.1, 0.15) is 12.4 Å². The molecule has 0 radical (unpaired) electrons. The van der Waals surface area contributed by atoms with Crippen molar-refractivity contribution in [2.75, 3.05) is 0 Å². The Kier molecular flexibility index (Phi) is 5.38. The number of carbonyl (C=O) groups excluding carboxylic acids is 1. The van der Waals surface area contributed by atoms with Crippen molar-refractivity contribution in [3.05, 3.63) is 65.2 Å². The lowest BCUT2D eigenvalue weighted by Crippen LogP contribution is -2.05. The Balaban J connectivity index is 1.67. The van der Waals surface area contributed by atoms with Gasteiger partial charge in [-0.1, -0.05) is 42.0 Å². The molecule has 0 spiro atoms. The number of esters is 1. The van der Waals surface area contributed by atoms with Crippen molar-refractivity contribution in [2.24, 2.45) is 0 Å². The maximum Gasteiger partial charge on any atom is 0.306 e. The predicted molar refractivity (Wildman–Crippen MR) is 82.0 cm³/mol. The summed E-state index contributed by atoms with van der Waals surface area (Å²) in [5.74, 6) is 0.0263. The van der Waals surface area contributed by atoms with Crippen LogP contribution in [0.1, 0.15) is 29.5 Å². The van der Waals surface area contributed by atoms with Gasteiger partial charge in [-0.3, -0.25) is 4.79 Å². The Labute approximate surface area is 125 Å². The van der Waals surface area contributed by atoms with Crippen LogP contribution in [-0.2, 0) is 22.6 Å². The number of hydrogen-bond acceptors (Lipinski definition) is 3. The molecule has 0 saturated carbocycles. The highest BCUT2D eigenvalue weighted by Crippen LogP contribution is 2.11. The van der Waals surface area contributed by atoms with Crippen LogP contribution in [0.4, 0.5) is 0 Å². The van der Waals surface area contributed by atoms with Gasteiger partial charge in [0.05, 0.1) is 0 Å². The Bertz CT molecular complexity index is 570. The molecule has 3 heteroatoms. The Morgan fingerprint density at radius 3 is 2.29 bits per heavy atom. The van der Waals surface area contributed by atoms with E-state index in [-0.39, 0.29) is 18.3 Å². The first-order valence-electron chi connectivity index (χ1n) is 7.12. The van der Waals surface area contributed by atoms with Gasteiger partial charge in [-0.15, -0.1) is 0 Å². The normalized spacial score (nSPS) is 10.3. The summed E-state index contributed by atoms with van der Waals surface area (Å²) in [6.45, 7) is 2.31. The topological polar surface area (TPSA) is 46.5 Å². The summed E-state index contributed by atoms with van der Waals surface area (Å²) >= 11 is 0. The smallest absolute Gasteiger partial charge is 0.306 e. The average molecular weight is 284 g/mol. The average Bonchev–Trinajstić information content (AvgIpc) is 2.49. The van der Waals surface area contributed by atoms with Crippen molar-refractivity contribution in [1.82, 2.24) is 0 Å². The van der Waals surface area contributed by atoms with Gasteiger partial charge in [0.15, 0.2) is 0 Å². The Hall–Kier alpha value is -2.29.